The van der Waals surface area contributed by atoms with Crippen molar-refractivity contribution in [2.45, 2.75) is 32.2 Å². The molecule has 276 valence electrons. The van der Waals surface area contributed by atoms with E-state index in [1.54, 1.807) is 35.1 Å². The highest BCUT2D eigenvalue weighted by Crippen LogP contribution is 2.26. The summed E-state index contributed by atoms with van der Waals surface area (Å²) in [4.78, 5) is 31.7. The monoisotopic (exact) mass is 730 g/mol. The topological polar surface area (TPSA) is 257 Å². The average Bonchev–Trinajstić information content (AvgIpc) is 3.81. The first-order valence-electron chi connectivity index (χ1n) is 14.8. The first-order valence-corrected chi connectivity index (χ1v) is 14.8. The number of amides is 1. The van der Waals surface area contributed by atoms with E-state index in [1.165, 1.54) is 0 Å². The summed E-state index contributed by atoms with van der Waals surface area (Å²) < 4.78 is 3.62. The number of rotatable bonds is 8. The lowest BCUT2D eigenvalue weighted by atomic mass is 10.0. The second-order valence-electron chi connectivity index (χ2n) is 9.27. The third-order valence-electron chi connectivity index (χ3n) is 5.92. The van der Waals surface area contributed by atoms with Crippen LogP contribution < -0.4 is 5.32 Å². The summed E-state index contributed by atoms with van der Waals surface area (Å²) in [7, 11) is 1.85. The van der Waals surface area contributed by atoms with Gasteiger partial charge >= 0.3 is 0 Å². The zero-order valence-electron chi connectivity index (χ0n) is 28.5. The molecule has 1 amide bonds. The number of carbonyl (C=O) groups excluding carboxylic acids is 1. The number of piperidine rings is 1. The third kappa shape index (κ3) is 16.4. The van der Waals surface area contributed by atoms with E-state index in [2.05, 4.69) is 151 Å². The predicted octanol–water partition coefficient (Wildman–Crippen LogP) is 5.57. The minimum absolute atomic E-state index is 0. The van der Waals surface area contributed by atoms with Crippen molar-refractivity contribution in [1.82, 2.24) is 34.4 Å². The molecule has 1 saturated heterocycles. The smallest absolute Gasteiger partial charge is 0.236 e. The van der Waals surface area contributed by atoms with E-state index in [-0.39, 0.29) is 28.4 Å². The maximum atomic E-state index is 11.9. The van der Waals surface area contributed by atoms with Crippen molar-refractivity contribution in [3.8, 4) is 101 Å². The summed E-state index contributed by atoms with van der Waals surface area (Å²) >= 11 is 0. The number of aromatic nitrogens is 6. The minimum atomic E-state index is -0.105. The number of nitrogens with one attached hydrogen (secondary N) is 2. The number of anilines is 2. The Bertz CT molecular complexity index is 2440. The van der Waals surface area contributed by atoms with Crippen LogP contribution in [0.3, 0.4) is 0 Å². The van der Waals surface area contributed by atoms with Crippen LogP contribution in [-0.2, 0) is 11.8 Å². The number of hydrogen-bond acceptors (Lipinski definition) is 9. The SMILES string of the molecule is C#CC#CC#CC#CC#CC#CC#CC#CC.Cn1cc(Nc2ncc3cnn(C4CCN(C(=O)CC#N)CC4)c3n2)cn1.N=N/N=N/N=N/N=N/N=O.[HH].[HH].[HH].[HH].[HH].[HH].[HH]. The number of nitriles is 1. The van der Waals surface area contributed by atoms with Gasteiger partial charge in [-0.2, -0.15) is 26.0 Å². The van der Waals surface area contributed by atoms with Gasteiger partial charge in [0.1, 0.15) is 11.7 Å². The van der Waals surface area contributed by atoms with Gasteiger partial charge < -0.3 is 10.2 Å². The molecule has 0 bridgehead atoms. The van der Waals surface area contributed by atoms with Gasteiger partial charge in [0.05, 0.1) is 35.6 Å². The molecule has 3 aromatic heterocycles. The average molecular weight is 731 g/mol. The molecule has 4 rings (SSSR count). The van der Waals surface area contributed by atoms with Crippen LogP contribution in [0.1, 0.15) is 42.2 Å². The molecule has 1 aliphatic heterocycles. The fourth-order valence-corrected chi connectivity index (χ4v) is 3.87. The molecular formula is C34H38N18O2. The molecular weight excluding hydrogens is 692 g/mol. The number of likely N-dealkylation sites (tertiary alicyclic amines) is 1. The van der Waals surface area contributed by atoms with E-state index in [4.69, 9.17) is 17.2 Å². The van der Waals surface area contributed by atoms with Crippen LogP contribution in [0.5, 0.6) is 0 Å². The van der Waals surface area contributed by atoms with E-state index < -0.39 is 0 Å². The van der Waals surface area contributed by atoms with E-state index >= 15 is 0 Å². The van der Waals surface area contributed by atoms with Gasteiger partial charge in [-0.25, -0.2) is 9.67 Å². The van der Waals surface area contributed by atoms with Crippen LogP contribution in [0.15, 0.2) is 66.6 Å². The van der Waals surface area contributed by atoms with Crippen LogP contribution in [0, 0.1) is 117 Å². The molecule has 54 heavy (non-hydrogen) atoms. The van der Waals surface area contributed by atoms with Crippen molar-refractivity contribution in [3.05, 3.63) is 29.7 Å². The summed E-state index contributed by atoms with van der Waals surface area (Å²) in [6, 6.07) is 2.08. The number of nitroso groups, excluding NO2 is 1. The van der Waals surface area contributed by atoms with Crippen molar-refractivity contribution in [1.29, 1.82) is 10.8 Å². The molecule has 0 aromatic carbocycles. The second-order valence-corrected chi connectivity index (χ2v) is 9.27. The normalized spacial score (nSPS) is 10.9. The zero-order valence-corrected chi connectivity index (χ0v) is 28.5. The van der Waals surface area contributed by atoms with Gasteiger partial charge in [-0.15, -0.1) is 11.3 Å². The summed E-state index contributed by atoms with van der Waals surface area (Å²) in [5.41, 5.74) is 7.63. The molecule has 1 aliphatic rings. The summed E-state index contributed by atoms with van der Waals surface area (Å²) in [6.45, 7) is 2.95. The minimum Gasteiger partial charge on any atom is -0.342 e. The van der Waals surface area contributed by atoms with Crippen molar-refractivity contribution < 1.29 is 14.8 Å². The van der Waals surface area contributed by atoms with Gasteiger partial charge in [0.15, 0.2) is 5.65 Å². The second kappa shape index (κ2) is 25.9. The predicted molar refractivity (Wildman–Crippen MR) is 206 cm³/mol. The van der Waals surface area contributed by atoms with Gasteiger partial charge in [-0.3, -0.25) is 9.48 Å². The molecule has 4 heterocycles. The third-order valence-corrected chi connectivity index (χ3v) is 5.92. The molecule has 0 aliphatic carbocycles. The van der Waals surface area contributed by atoms with Gasteiger partial charge in [0, 0.05) is 58.2 Å². The lowest BCUT2D eigenvalue weighted by molar-refractivity contribution is -0.131. The maximum Gasteiger partial charge on any atom is 0.236 e. The molecule has 0 unspecified atom stereocenters. The van der Waals surface area contributed by atoms with Crippen molar-refractivity contribution in [2.75, 3.05) is 18.4 Å². The van der Waals surface area contributed by atoms with Gasteiger partial charge in [-0.05, 0) is 124 Å². The lowest BCUT2D eigenvalue weighted by Crippen LogP contribution is -2.39. The Morgan fingerprint density at radius 2 is 1.50 bits per heavy atom. The maximum absolute atomic E-state index is 11.9. The summed E-state index contributed by atoms with van der Waals surface area (Å²) in [5, 5.41) is 42.1. The zero-order chi connectivity index (χ0) is 39.1. The Hall–Kier alpha value is -9.00. The van der Waals surface area contributed by atoms with E-state index in [0.717, 1.165) is 29.6 Å². The lowest BCUT2D eigenvalue weighted by Gasteiger charge is -2.31. The highest BCUT2D eigenvalue weighted by atomic mass is 16.3. The molecule has 20 heteroatoms. The highest BCUT2D eigenvalue weighted by molar-refractivity contribution is 5.78. The number of aryl methyl sites for hydroxylation is 1. The van der Waals surface area contributed by atoms with Crippen LogP contribution in [0.25, 0.3) is 11.0 Å². The largest absolute Gasteiger partial charge is 0.342 e. The Morgan fingerprint density at radius 3 is 2.04 bits per heavy atom. The first-order chi connectivity index (χ1) is 26.5. The first kappa shape index (κ1) is 41.2. The molecule has 0 radical (unpaired) electrons. The van der Waals surface area contributed by atoms with Gasteiger partial charge in [0.2, 0.25) is 11.9 Å². The summed E-state index contributed by atoms with van der Waals surface area (Å²) in [5.74, 6) is 37.3. The van der Waals surface area contributed by atoms with E-state index in [9.17, 15) is 9.70 Å². The van der Waals surface area contributed by atoms with Gasteiger partial charge in [-0.1, -0.05) is 5.92 Å². The number of terminal acetylenes is 1. The number of fused-ring (bicyclic) bond motifs is 1. The molecule has 0 atom stereocenters. The fraction of sp³-hybridized carbons (Fsp3) is 0.235. The van der Waals surface area contributed by atoms with Crippen LogP contribution >= 0.6 is 0 Å². The van der Waals surface area contributed by atoms with Crippen LogP contribution in [-0.4, -0.2) is 53.4 Å². The standard InChI is InChI=1S/C17H19N9O.C17H4.HN9O.7H2/c1-24-11-13(10-20-24)22-17-19-8-12-9-21-26(16(12)23-17)14-3-6-25(7-4-14)15(27)2-5-18;1-3-5-7-9-11-13-15-17-16-14-12-10-8-6-4-2;1-2-3-4-5-6-7-8-9-10;;;;;;;/h8-11,14H,2-4,6-7H2,1H3,(H,19,22,23);1H,2H3;1H;7*1H/b;;2-1?,4-3+,6-5+,8-7+;;;;;;;. The Kier molecular flexibility index (Phi) is 19.8. The molecule has 0 saturated carbocycles. The van der Waals surface area contributed by atoms with E-state index in [1.807, 2.05) is 29.3 Å². The quantitative estimate of drug-likeness (QED) is 0.128. The van der Waals surface area contributed by atoms with Crippen molar-refractivity contribution in [3.63, 3.8) is 0 Å². The molecule has 2 N–H and O–H groups in total. The van der Waals surface area contributed by atoms with Crippen LogP contribution in [0.4, 0.5) is 11.6 Å². The molecule has 20 nitrogen and oxygen atoms in total. The Labute approximate surface area is 319 Å². The summed E-state index contributed by atoms with van der Waals surface area (Å²) in [6.07, 6.45) is 13.4. The molecule has 3 aromatic rings. The highest BCUT2D eigenvalue weighted by Gasteiger charge is 2.25. The Balaban J connectivity index is -0.000000196. The molecule has 0 spiro atoms. The van der Waals surface area contributed by atoms with Crippen LogP contribution in [0.2, 0.25) is 0 Å². The number of hydrogen-bond donors (Lipinski definition) is 2. The van der Waals surface area contributed by atoms with Crippen molar-refractivity contribution >= 4 is 28.6 Å². The van der Waals surface area contributed by atoms with Gasteiger partial charge in [0.25, 0.3) is 0 Å². The van der Waals surface area contributed by atoms with E-state index in [0.29, 0.717) is 19.0 Å². The number of carbonyl (C=O) groups is 1. The molecule has 1 fully saturated rings. The number of nitrogens with zero attached hydrogens (tertiary/aromatic N) is 16. The Morgan fingerprint density at radius 1 is 0.907 bits per heavy atom. The van der Waals surface area contributed by atoms with Crippen molar-refractivity contribution in [2.24, 2.45) is 48.9 Å². The fourth-order valence-electron chi connectivity index (χ4n) is 3.87.